The molecule has 2 rings (SSSR count). The molecule has 0 amide bonds. The summed E-state index contributed by atoms with van der Waals surface area (Å²) in [6, 6.07) is 2.43. The Kier molecular flexibility index (Phi) is 2.43. The largest absolute Gasteiger partial charge is 0.511 e. The van der Waals surface area contributed by atoms with Crippen molar-refractivity contribution in [3.05, 3.63) is 34.4 Å². The Morgan fingerprint density at radius 2 is 2.18 bits per heavy atom. The first-order chi connectivity index (χ1) is 8.00. The molecule has 0 saturated carbocycles. The number of aromatic amines is 1. The minimum atomic E-state index is -1.63. The average molecular weight is 238 g/mol. The van der Waals surface area contributed by atoms with Gasteiger partial charge in [-0.15, -0.1) is 0 Å². The van der Waals surface area contributed by atoms with E-state index in [1.807, 2.05) is 0 Å². The maximum absolute atomic E-state index is 13.2. The number of pyridine rings is 1. The number of halogens is 1. The molecule has 0 aliphatic rings. The first kappa shape index (κ1) is 10.9. The number of nitrogens with one attached hydrogen (secondary N) is 1. The van der Waals surface area contributed by atoms with E-state index < -0.39 is 23.2 Å². The Hall–Kier alpha value is -2.57. The summed E-state index contributed by atoms with van der Waals surface area (Å²) < 4.78 is 17.4. The summed E-state index contributed by atoms with van der Waals surface area (Å²) >= 11 is 0. The van der Waals surface area contributed by atoms with Crippen LogP contribution in [0.2, 0.25) is 0 Å². The van der Waals surface area contributed by atoms with Crippen LogP contribution in [0.4, 0.5) is 14.9 Å². The molecule has 0 bridgehead atoms. The Morgan fingerprint density at radius 3 is 2.82 bits per heavy atom. The zero-order chi connectivity index (χ0) is 12.6. The SMILES string of the molecule is Nc1c(F)ccc2[nH]cc(OC(=O)O)c(=O)c12. The van der Waals surface area contributed by atoms with Crippen molar-refractivity contribution in [2.75, 3.05) is 5.73 Å². The summed E-state index contributed by atoms with van der Waals surface area (Å²) in [6.07, 6.45) is -0.555. The standard InChI is InChI=1S/C10H7FN2O4/c11-4-1-2-5-7(8(4)12)9(14)6(3-13-5)17-10(15)16/h1-3H,12H2,(H,13,14)(H,15,16). The van der Waals surface area contributed by atoms with Gasteiger partial charge in [0.25, 0.3) is 0 Å². The van der Waals surface area contributed by atoms with E-state index in [-0.39, 0.29) is 11.1 Å². The number of carbonyl (C=O) groups is 1. The minimum absolute atomic E-state index is 0.135. The van der Waals surface area contributed by atoms with Gasteiger partial charge in [0.15, 0.2) is 5.75 Å². The molecule has 6 nitrogen and oxygen atoms in total. The fourth-order valence-corrected chi connectivity index (χ4v) is 1.46. The van der Waals surface area contributed by atoms with Gasteiger partial charge in [0.1, 0.15) is 5.82 Å². The van der Waals surface area contributed by atoms with Crippen LogP contribution in [-0.2, 0) is 0 Å². The number of benzene rings is 1. The molecule has 1 aromatic heterocycles. The molecule has 1 heterocycles. The number of hydrogen-bond donors (Lipinski definition) is 3. The van der Waals surface area contributed by atoms with Gasteiger partial charge in [0, 0.05) is 6.20 Å². The van der Waals surface area contributed by atoms with Gasteiger partial charge in [0.05, 0.1) is 16.6 Å². The first-order valence-corrected chi connectivity index (χ1v) is 4.51. The third-order valence-electron chi connectivity index (χ3n) is 2.20. The second-order valence-corrected chi connectivity index (χ2v) is 3.23. The summed E-state index contributed by atoms with van der Waals surface area (Å²) in [4.78, 5) is 24.7. The maximum Gasteiger partial charge on any atom is 0.511 e. The highest BCUT2D eigenvalue weighted by Gasteiger charge is 2.13. The predicted octanol–water partition coefficient (Wildman–Crippen LogP) is 1.31. The Balaban J connectivity index is 2.78. The smallest absolute Gasteiger partial charge is 0.449 e. The second-order valence-electron chi connectivity index (χ2n) is 3.23. The molecule has 0 saturated heterocycles. The highest BCUT2D eigenvalue weighted by molar-refractivity contribution is 5.91. The molecule has 2 aromatic rings. The van der Waals surface area contributed by atoms with E-state index in [0.717, 1.165) is 12.3 Å². The van der Waals surface area contributed by atoms with Gasteiger partial charge in [0.2, 0.25) is 5.43 Å². The molecular formula is C10H7FN2O4. The van der Waals surface area contributed by atoms with Crippen LogP contribution >= 0.6 is 0 Å². The quantitative estimate of drug-likeness (QED) is 0.513. The van der Waals surface area contributed by atoms with Crippen LogP contribution in [0.25, 0.3) is 10.9 Å². The van der Waals surface area contributed by atoms with E-state index >= 15 is 0 Å². The lowest BCUT2D eigenvalue weighted by Gasteiger charge is -2.04. The fourth-order valence-electron chi connectivity index (χ4n) is 1.46. The lowest BCUT2D eigenvalue weighted by Crippen LogP contribution is -2.14. The lowest BCUT2D eigenvalue weighted by atomic mass is 10.1. The van der Waals surface area contributed by atoms with Crippen molar-refractivity contribution in [1.29, 1.82) is 0 Å². The topological polar surface area (TPSA) is 105 Å². The van der Waals surface area contributed by atoms with Gasteiger partial charge < -0.3 is 20.6 Å². The van der Waals surface area contributed by atoms with E-state index in [0.29, 0.717) is 5.52 Å². The molecular weight excluding hydrogens is 231 g/mol. The number of ether oxygens (including phenoxy) is 1. The van der Waals surface area contributed by atoms with Crippen LogP contribution in [0.3, 0.4) is 0 Å². The van der Waals surface area contributed by atoms with Crippen molar-refractivity contribution in [2.45, 2.75) is 0 Å². The average Bonchev–Trinajstić information content (AvgIpc) is 2.26. The van der Waals surface area contributed by atoms with Crippen molar-refractivity contribution in [3.63, 3.8) is 0 Å². The zero-order valence-electron chi connectivity index (χ0n) is 8.36. The number of H-pyrrole nitrogens is 1. The van der Waals surface area contributed by atoms with Crippen LogP contribution in [0.5, 0.6) is 5.75 Å². The Labute approximate surface area is 93.4 Å². The number of rotatable bonds is 1. The van der Waals surface area contributed by atoms with Gasteiger partial charge in [-0.3, -0.25) is 4.79 Å². The van der Waals surface area contributed by atoms with Crippen molar-refractivity contribution < 1.29 is 19.0 Å². The van der Waals surface area contributed by atoms with Crippen molar-refractivity contribution in [3.8, 4) is 5.75 Å². The number of carboxylic acid groups (broad SMARTS) is 1. The molecule has 0 aliphatic carbocycles. The summed E-state index contributed by atoms with van der Waals surface area (Å²) in [5.41, 5.74) is 4.59. The van der Waals surface area contributed by atoms with E-state index in [2.05, 4.69) is 9.72 Å². The first-order valence-electron chi connectivity index (χ1n) is 4.51. The molecule has 7 heteroatoms. The third kappa shape index (κ3) is 1.78. The number of nitrogens with two attached hydrogens (primary N) is 1. The van der Waals surface area contributed by atoms with Gasteiger partial charge >= 0.3 is 6.16 Å². The number of anilines is 1. The molecule has 1 aromatic carbocycles. The van der Waals surface area contributed by atoms with E-state index in [1.165, 1.54) is 6.07 Å². The van der Waals surface area contributed by atoms with Gasteiger partial charge in [-0.25, -0.2) is 9.18 Å². The van der Waals surface area contributed by atoms with Crippen molar-refractivity contribution in [2.24, 2.45) is 0 Å². The molecule has 0 unspecified atom stereocenters. The van der Waals surface area contributed by atoms with Gasteiger partial charge in [-0.05, 0) is 12.1 Å². The molecule has 0 fully saturated rings. The summed E-state index contributed by atoms with van der Waals surface area (Å²) in [5.74, 6) is -1.21. The number of nitrogen functional groups attached to an aromatic ring is 1. The van der Waals surface area contributed by atoms with Crippen LogP contribution in [0, 0.1) is 5.82 Å². The number of aromatic nitrogens is 1. The van der Waals surface area contributed by atoms with Crippen LogP contribution < -0.4 is 15.9 Å². The molecule has 88 valence electrons. The predicted molar refractivity (Wildman–Crippen MR) is 57.6 cm³/mol. The summed E-state index contributed by atoms with van der Waals surface area (Å²) in [5, 5.41) is 8.27. The number of hydrogen-bond acceptors (Lipinski definition) is 4. The molecule has 0 radical (unpaired) electrons. The van der Waals surface area contributed by atoms with Crippen molar-refractivity contribution >= 4 is 22.7 Å². The fraction of sp³-hybridized carbons (Fsp3) is 0. The number of fused-ring (bicyclic) bond motifs is 1. The van der Waals surface area contributed by atoms with Crippen molar-refractivity contribution in [1.82, 2.24) is 4.98 Å². The van der Waals surface area contributed by atoms with Crippen LogP contribution in [-0.4, -0.2) is 16.2 Å². The highest BCUT2D eigenvalue weighted by Crippen LogP contribution is 2.21. The minimum Gasteiger partial charge on any atom is -0.449 e. The van der Waals surface area contributed by atoms with Gasteiger partial charge in [-0.2, -0.15) is 0 Å². The molecule has 0 aliphatic heterocycles. The second kappa shape index (κ2) is 3.78. The van der Waals surface area contributed by atoms with Crippen LogP contribution in [0.1, 0.15) is 0 Å². The molecule has 4 N–H and O–H groups in total. The zero-order valence-corrected chi connectivity index (χ0v) is 8.36. The summed E-state index contributed by atoms with van der Waals surface area (Å²) in [7, 11) is 0. The van der Waals surface area contributed by atoms with E-state index in [4.69, 9.17) is 10.8 Å². The normalized spacial score (nSPS) is 10.4. The maximum atomic E-state index is 13.2. The van der Waals surface area contributed by atoms with E-state index in [9.17, 15) is 14.0 Å². The summed E-state index contributed by atoms with van der Waals surface area (Å²) in [6.45, 7) is 0. The molecule has 17 heavy (non-hydrogen) atoms. The van der Waals surface area contributed by atoms with Crippen LogP contribution in [0.15, 0.2) is 23.1 Å². The third-order valence-corrected chi connectivity index (χ3v) is 2.20. The highest BCUT2D eigenvalue weighted by atomic mass is 19.1. The Morgan fingerprint density at radius 1 is 1.47 bits per heavy atom. The van der Waals surface area contributed by atoms with Gasteiger partial charge in [-0.1, -0.05) is 0 Å². The Bertz CT molecular complexity index is 665. The molecule has 0 spiro atoms. The lowest BCUT2D eigenvalue weighted by molar-refractivity contribution is 0.144. The van der Waals surface area contributed by atoms with E-state index in [1.54, 1.807) is 0 Å². The monoisotopic (exact) mass is 238 g/mol. The molecule has 0 atom stereocenters.